The number of benzene rings is 1. The van der Waals surface area contributed by atoms with Crippen molar-refractivity contribution in [3.8, 4) is 0 Å². The third-order valence-electron chi connectivity index (χ3n) is 7.36. The number of aliphatic hydroxyl groups is 1. The molecule has 4 N–H and O–H groups in total. The highest BCUT2D eigenvalue weighted by Crippen LogP contribution is 2.59. The Morgan fingerprint density at radius 3 is 2.27 bits per heavy atom. The van der Waals surface area contributed by atoms with Crippen molar-refractivity contribution in [2.24, 2.45) is 23.0 Å². The number of carboxylic acid groups (broad SMARTS) is 1. The summed E-state index contributed by atoms with van der Waals surface area (Å²) in [4.78, 5) is 40.4. The lowest BCUT2D eigenvalue weighted by Gasteiger charge is -2.45. The number of piperidine rings is 2. The summed E-state index contributed by atoms with van der Waals surface area (Å²) < 4.78 is 0. The highest BCUT2D eigenvalue weighted by atomic mass is 16.4. The molecule has 30 heavy (non-hydrogen) atoms. The number of primary amides is 1. The zero-order chi connectivity index (χ0) is 21.7. The number of carbonyl (C=O) groups excluding carboxylic acids is 2. The van der Waals surface area contributed by atoms with E-state index in [1.807, 2.05) is 30.3 Å². The van der Waals surface area contributed by atoms with Gasteiger partial charge in [0, 0.05) is 25.6 Å². The van der Waals surface area contributed by atoms with Gasteiger partial charge in [-0.1, -0.05) is 30.3 Å². The molecular formula is C22H29N3O5. The zero-order valence-corrected chi connectivity index (χ0v) is 17.2. The van der Waals surface area contributed by atoms with Gasteiger partial charge in [-0.05, 0) is 43.7 Å². The van der Waals surface area contributed by atoms with Crippen LogP contribution < -0.4 is 5.73 Å². The fourth-order valence-corrected chi connectivity index (χ4v) is 5.57. The molecule has 1 aliphatic carbocycles. The molecule has 4 unspecified atom stereocenters. The van der Waals surface area contributed by atoms with E-state index in [0.29, 0.717) is 45.3 Å². The first kappa shape index (κ1) is 20.8. The van der Waals surface area contributed by atoms with Crippen molar-refractivity contribution in [3.63, 3.8) is 0 Å². The van der Waals surface area contributed by atoms with Crippen molar-refractivity contribution in [2.45, 2.75) is 37.3 Å². The van der Waals surface area contributed by atoms with Crippen molar-refractivity contribution >= 4 is 17.8 Å². The number of aliphatic carboxylic acids is 1. The van der Waals surface area contributed by atoms with Gasteiger partial charge in [-0.25, -0.2) is 0 Å². The Bertz CT molecular complexity index is 852. The first-order valence-corrected chi connectivity index (χ1v) is 10.5. The van der Waals surface area contributed by atoms with Crippen LogP contribution in [0.25, 0.3) is 0 Å². The van der Waals surface area contributed by atoms with Gasteiger partial charge in [-0.2, -0.15) is 0 Å². The average molecular weight is 415 g/mol. The number of nitrogens with two attached hydrogens (primary N) is 1. The Morgan fingerprint density at radius 2 is 1.73 bits per heavy atom. The fraction of sp³-hybridized carbons (Fsp3) is 0.591. The van der Waals surface area contributed by atoms with Crippen LogP contribution in [-0.4, -0.2) is 70.5 Å². The van der Waals surface area contributed by atoms with Gasteiger partial charge in [0.2, 0.25) is 11.8 Å². The maximum atomic E-state index is 13.3. The number of carbonyl (C=O) groups is 3. The minimum Gasteiger partial charge on any atom is -0.481 e. The van der Waals surface area contributed by atoms with Gasteiger partial charge in [0.05, 0.1) is 11.5 Å². The lowest BCUT2D eigenvalue weighted by molar-refractivity contribution is -0.158. The summed E-state index contributed by atoms with van der Waals surface area (Å²) in [5.41, 5.74) is 4.89. The molecule has 8 heteroatoms. The van der Waals surface area contributed by atoms with E-state index in [0.717, 1.165) is 5.56 Å². The number of carboxylic acids is 1. The summed E-state index contributed by atoms with van der Waals surface area (Å²) in [6.45, 7) is 1.23. The van der Waals surface area contributed by atoms with Crippen LogP contribution in [0.2, 0.25) is 0 Å². The van der Waals surface area contributed by atoms with E-state index in [1.54, 1.807) is 16.8 Å². The van der Waals surface area contributed by atoms with E-state index in [1.165, 1.54) is 0 Å². The Labute approximate surface area is 175 Å². The van der Waals surface area contributed by atoms with Crippen LogP contribution in [0.4, 0.5) is 0 Å². The number of rotatable bonds is 4. The average Bonchev–Trinajstić information content (AvgIpc) is 3.41. The molecular weight excluding hydrogens is 386 g/mol. The zero-order valence-electron chi connectivity index (χ0n) is 17.2. The van der Waals surface area contributed by atoms with Gasteiger partial charge < -0.3 is 20.8 Å². The van der Waals surface area contributed by atoms with Crippen LogP contribution >= 0.6 is 0 Å². The molecule has 4 rings (SSSR count). The van der Waals surface area contributed by atoms with E-state index >= 15 is 0 Å². The summed E-state index contributed by atoms with van der Waals surface area (Å²) in [6.07, 6.45) is 1.69. The Kier molecular flexibility index (Phi) is 5.10. The maximum absolute atomic E-state index is 13.3. The number of amides is 2. The third-order valence-corrected chi connectivity index (χ3v) is 7.36. The molecule has 0 aromatic heterocycles. The molecule has 2 saturated heterocycles. The predicted octanol–water partition coefficient (Wildman–Crippen LogP) is 0.393. The fourth-order valence-electron chi connectivity index (χ4n) is 5.57. The molecule has 1 saturated carbocycles. The molecule has 1 spiro atoms. The van der Waals surface area contributed by atoms with E-state index < -0.39 is 34.9 Å². The van der Waals surface area contributed by atoms with Gasteiger partial charge in [0.1, 0.15) is 6.04 Å². The normalized spacial score (nSPS) is 33.3. The van der Waals surface area contributed by atoms with Crippen molar-refractivity contribution in [2.75, 3.05) is 26.7 Å². The van der Waals surface area contributed by atoms with Crippen LogP contribution in [0.3, 0.4) is 0 Å². The molecule has 8 nitrogen and oxygen atoms in total. The molecule has 2 heterocycles. The molecule has 162 valence electrons. The van der Waals surface area contributed by atoms with Crippen molar-refractivity contribution in [3.05, 3.63) is 35.9 Å². The first-order valence-electron chi connectivity index (χ1n) is 10.5. The molecule has 4 atom stereocenters. The van der Waals surface area contributed by atoms with Gasteiger partial charge in [-0.3, -0.25) is 19.3 Å². The number of hydrogen-bond acceptors (Lipinski definition) is 5. The lowest BCUT2D eigenvalue weighted by atomic mass is 9.78. The minimum absolute atomic E-state index is 0.217. The first-order chi connectivity index (χ1) is 14.2. The minimum atomic E-state index is -1.02. The van der Waals surface area contributed by atoms with Crippen LogP contribution in [-0.2, 0) is 20.0 Å². The number of likely N-dealkylation sites (tertiary alicyclic amines) is 2. The van der Waals surface area contributed by atoms with Gasteiger partial charge in [0.25, 0.3) is 0 Å². The molecule has 2 aliphatic heterocycles. The van der Waals surface area contributed by atoms with Gasteiger partial charge in [-0.15, -0.1) is 0 Å². The van der Waals surface area contributed by atoms with Crippen LogP contribution in [0.1, 0.15) is 31.2 Å². The van der Waals surface area contributed by atoms with E-state index in [-0.39, 0.29) is 11.8 Å². The standard InChI is InChI=1S/C22H29N3O5/c1-24-13-21(12-16(21)18(23)26)11-15(20(28)29)17(24)19(27)25-9-7-22(30,8-10-25)14-5-3-2-4-6-14/h2-6,15-17,30H,7-13H2,1H3,(H2,23,26)(H,28,29). The Morgan fingerprint density at radius 1 is 1.10 bits per heavy atom. The summed E-state index contributed by atoms with van der Waals surface area (Å²) in [7, 11) is 1.75. The van der Waals surface area contributed by atoms with Crippen LogP contribution in [0, 0.1) is 17.3 Å². The largest absolute Gasteiger partial charge is 0.481 e. The second-order valence-corrected chi connectivity index (χ2v) is 9.25. The summed E-state index contributed by atoms with van der Waals surface area (Å²) >= 11 is 0. The summed E-state index contributed by atoms with van der Waals surface area (Å²) in [5, 5.41) is 20.9. The smallest absolute Gasteiger partial charge is 0.308 e. The molecule has 0 radical (unpaired) electrons. The number of nitrogens with zero attached hydrogens (tertiary/aromatic N) is 2. The lowest BCUT2D eigenvalue weighted by Crippen LogP contribution is -2.59. The third kappa shape index (κ3) is 3.48. The SMILES string of the molecule is CN1CC2(CC(C(=O)O)C1C(=O)N1CCC(O)(c3ccccc3)CC1)CC2C(N)=O. The van der Waals surface area contributed by atoms with Gasteiger partial charge in [0.15, 0.2) is 0 Å². The quantitative estimate of drug-likeness (QED) is 0.654. The second kappa shape index (κ2) is 7.35. The van der Waals surface area contributed by atoms with E-state index in [2.05, 4.69) is 0 Å². The van der Waals surface area contributed by atoms with E-state index in [9.17, 15) is 24.6 Å². The van der Waals surface area contributed by atoms with E-state index in [4.69, 9.17) is 5.73 Å². The molecule has 3 fully saturated rings. The molecule has 1 aromatic rings. The highest BCUT2D eigenvalue weighted by molar-refractivity contribution is 5.89. The van der Waals surface area contributed by atoms with Crippen molar-refractivity contribution in [1.82, 2.24) is 9.80 Å². The maximum Gasteiger partial charge on any atom is 0.308 e. The molecule has 1 aromatic carbocycles. The Hall–Kier alpha value is -2.45. The highest BCUT2D eigenvalue weighted by Gasteiger charge is 2.63. The molecule has 2 amide bonds. The van der Waals surface area contributed by atoms with Crippen LogP contribution in [0.15, 0.2) is 30.3 Å². The summed E-state index contributed by atoms with van der Waals surface area (Å²) in [6, 6.07) is 8.66. The topological polar surface area (TPSA) is 124 Å². The number of hydrogen-bond donors (Lipinski definition) is 3. The Balaban J connectivity index is 1.47. The molecule has 0 bridgehead atoms. The van der Waals surface area contributed by atoms with Crippen molar-refractivity contribution in [1.29, 1.82) is 0 Å². The predicted molar refractivity (Wildman–Crippen MR) is 108 cm³/mol. The van der Waals surface area contributed by atoms with Crippen LogP contribution in [0.5, 0.6) is 0 Å². The second-order valence-electron chi connectivity index (χ2n) is 9.25. The molecule has 3 aliphatic rings. The summed E-state index contributed by atoms with van der Waals surface area (Å²) in [5.74, 6) is -2.82. The van der Waals surface area contributed by atoms with Gasteiger partial charge >= 0.3 is 5.97 Å². The van der Waals surface area contributed by atoms with Crippen molar-refractivity contribution < 1.29 is 24.6 Å². The monoisotopic (exact) mass is 415 g/mol. The number of likely N-dealkylation sites (N-methyl/N-ethyl adjacent to an activating group) is 1.